The maximum atomic E-state index is 11.1. The molecule has 1 aromatic carbocycles. The molecule has 1 aromatic heterocycles. The Morgan fingerprint density at radius 3 is 2.79 bits per heavy atom. The summed E-state index contributed by atoms with van der Waals surface area (Å²) in [5.74, 6) is -0.599. The molecule has 0 radical (unpaired) electrons. The predicted octanol–water partition coefficient (Wildman–Crippen LogP) is 2.12. The Morgan fingerprint density at radius 2 is 2.11 bits per heavy atom. The Hall–Kier alpha value is -2.43. The second-order valence-electron chi connectivity index (χ2n) is 4.35. The lowest BCUT2D eigenvalue weighted by Gasteiger charge is -2.20. The molecule has 0 aliphatic heterocycles. The first-order valence-electron chi connectivity index (χ1n) is 5.88. The Kier molecular flexibility index (Phi) is 3.75. The molecule has 0 saturated carbocycles. The van der Waals surface area contributed by atoms with E-state index in [9.17, 15) is 4.79 Å². The molecule has 0 aliphatic rings. The molecular formula is C14H15N3O2. The second-order valence-corrected chi connectivity index (χ2v) is 4.35. The third kappa shape index (κ3) is 2.88. The molecule has 0 saturated heterocycles. The molecule has 0 fully saturated rings. The Morgan fingerprint density at radius 1 is 1.37 bits per heavy atom. The third-order valence-electron chi connectivity index (χ3n) is 2.95. The number of nitrogens with zero attached hydrogens (tertiary/aromatic N) is 3. The standard InChI is InChI=1S/C14H15N3O2/c1-10-5-3-4-6-11(10)8-17(2)13-12(14(18)19)7-15-9-16-13/h3-7,9H,8H2,1-2H3,(H,18,19). The van der Waals surface area contributed by atoms with Gasteiger partial charge in [0.15, 0.2) is 0 Å². The van der Waals surface area contributed by atoms with Crippen LogP contribution in [0.3, 0.4) is 0 Å². The van der Waals surface area contributed by atoms with Gasteiger partial charge in [0.2, 0.25) is 0 Å². The van der Waals surface area contributed by atoms with Gasteiger partial charge in [-0.3, -0.25) is 0 Å². The summed E-state index contributed by atoms with van der Waals surface area (Å²) < 4.78 is 0. The van der Waals surface area contributed by atoms with Crippen molar-refractivity contribution in [1.29, 1.82) is 0 Å². The van der Waals surface area contributed by atoms with Crippen molar-refractivity contribution in [3.05, 3.63) is 53.5 Å². The van der Waals surface area contributed by atoms with E-state index in [2.05, 4.69) is 9.97 Å². The van der Waals surface area contributed by atoms with Crippen LogP contribution in [0.25, 0.3) is 0 Å². The van der Waals surface area contributed by atoms with E-state index in [-0.39, 0.29) is 5.56 Å². The van der Waals surface area contributed by atoms with Crippen LogP contribution in [-0.2, 0) is 6.54 Å². The van der Waals surface area contributed by atoms with Gasteiger partial charge in [0, 0.05) is 19.8 Å². The number of benzene rings is 1. The van der Waals surface area contributed by atoms with Crippen molar-refractivity contribution in [1.82, 2.24) is 9.97 Å². The number of anilines is 1. The lowest BCUT2D eigenvalue weighted by Crippen LogP contribution is -2.21. The zero-order valence-electron chi connectivity index (χ0n) is 10.9. The number of hydrogen-bond acceptors (Lipinski definition) is 4. The van der Waals surface area contributed by atoms with E-state index in [1.54, 1.807) is 0 Å². The number of aromatic nitrogens is 2. The molecule has 2 aromatic rings. The molecule has 1 heterocycles. The van der Waals surface area contributed by atoms with E-state index >= 15 is 0 Å². The highest BCUT2D eigenvalue weighted by atomic mass is 16.4. The fourth-order valence-corrected chi connectivity index (χ4v) is 1.90. The van der Waals surface area contributed by atoms with E-state index in [4.69, 9.17) is 5.11 Å². The van der Waals surface area contributed by atoms with Crippen LogP contribution >= 0.6 is 0 Å². The van der Waals surface area contributed by atoms with Crippen molar-refractivity contribution >= 4 is 11.8 Å². The maximum Gasteiger partial charge on any atom is 0.341 e. The van der Waals surface area contributed by atoms with Gasteiger partial charge in [-0.25, -0.2) is 14.8 Å². The number of aromatic carboxylic acids is 1. The maximum absolute atomic E-state index is 11.1. The largest absolute Gasteiger partial charge is 0.477 e. The first-order chi connectivity index (χ1) is 9.09. The second kappa shape index (κ2) is 5.48. The fourth-order valence-electron chi connectivity index (χ4n) is 1.90. The first kappa shape index (κ1) is 13.0. The van der Waals surface area contributed by atoms with Crippen molar-refractivity contribution in [3.8, 4) is 0 Å². The van der Waals surface area contributed by atoms with Gasteiger partial charge in [-0.2, -0.15) is 0 Å². The van der Waals surface area contributed by atoms with Crippen LogP contribution in [0.2, 0.25) is 0 Å². The molecule has 2 rings (SSSR count). The van der Waals surface area contributed by atoms with E-state index in [1.165, 1.54) is 18.1 Å². The molecule has 0 bridgehead atoms. The molecule has 0 unspecified atom stereocenters. The van der Waals surface area contributed by atoms with Gasteiger partial charge in [-0.15, -0.1) is 0 Å². The van der Waals surface area contributed by atoms with Crippen LogP contribution in [-0.4, -0.2) is 28.1 Å². The van der Waals surface area contributed by atoms with Gasteiger partial charge in [-0.1, -0.05) is 24.3 Å². The summed E-state index contributed by atoms with van der Waals surface area (Å²) >= 11 is 0. The number of carboxylic acids is 1. The number of aryl methyl sites for hydroxylation is 1. The van der Waals surface area contributed by atoms with E-state index in [0.29, 0.717) is 12.4 Å². The SMILES string of the molecule is Cc1ccccc1CN(C)c1ncncc1C(=O)O. The van der Waals surface area contributed by atoms with Crippen LogP contribution in [0.15, 0.2) is 36.8 Å². The van der Waals surface area contributed by atoms with Crippen LogP contribution in [0.1, 0.15) is 21.5 Å². The molecule has 5 nitrogen and oxygen atoms in total. The van der Waals surface area contributed by atoms with Crippen LogP contribution in [0.5, 0.6) is 0 Å². The summed E-state index contributed by atoms with van der Waals surface area (Å²) in [6, 6.07) is 8.00. The fraction of sp³-hybridized carbons (Fsp3) is 0.214. The molecule has 5 heteroatoms. The lowest BCUT2D eigenvalue weighted by atomic mass is 10.1. The van der Waals surface area contributed by atoms with Gasteiger partial charge >= 0.3 is 5.97 Å². The topological polar surface area (TPSA) is 66.3 Å². The summed E-state index contributed by atoms with van der Waals surface area (Å²) in [7, 11) is 1.82. The summed E-state index contributed by atoms with van der Waals surface area (Å²) in [4.78, 5) is 20.8. The average molecular weight is 257 g/mol. The molecule has 98 valence electrons. The predicted molar refractivity (Wildman–Crippen MR) is 72.3 cm³/mol. The van der Waals surface area contributed by atoms with Crippen molar-refractivity contribution in [2.75, 3.05) is 11.9 Å². The minimum atomic E-state index is -1.02. The third-order valence-corrected chi connectivity index (χ3v) is 2.95. The Labute approximate surface area is 111 Å². The van der Waals surface area contributed by atoms with E-state index in [1.807, 2.05) is 43.1 Å². The number of carbonyl (C=O) groups is 1. The highest BCUT2D eigenvalue weighted by Gasteiger charge is 2.15. The first-order valence-corrected chi connectivity index (χ1v) is 5.88. The molecular weight excluding hydrogens is 242 g/mol. The molecule has 19 heavy (non-hydrogen) atoms. The Bertz CT molecular complexity index is 599. The summed E-state index contributed by atoms with van der Waals surface area (Å²) in [6.45, 7) is 2.63. The highest BCUT2D eigenvalue weighted by Crippen LogP contribution is 2.18. The van der Waals surface area contributed by atoms with E-state index in [0.717, 1.165) is 5.56 Å². The monoisotopic (exact) mass is 257 g/mol. The number of carboxylic acid groups (broad SMARTS) is 1. The van der Waals surface area contributed by atoms with Crippen LogP contribution < -0.4 is 4.90 Å². The van der Waals surface area contributed by atoms with Crippen LogP contribution in [0, 0.1) is 6.92 Å². The smallest absolute Gasteiger partial charge is 0.341 e. The van der Waals surface area contributed by atoms with Crippen LogP contribution in [0.4, 0.5) is 5.82 Å². The average Bonchev–Trinajstić information content (AvgIpc) is 2.41. The quantitative estimate of drug-likeness (QED) is 0.908. The minimum Gasteiger partial charge on any atom is -0.477 e. The van der Waals surface area contributed by atoms with Crippen molar-refractivity contribution in [3.63, 3.8) is 0 Å². The normalized spacial score (nSPS) is 10.2. The minimum absolute atomic E-state index is 0.110. The number of rotatable bonds is 4. The van der Waals surface area contributed by atoms with E-state index < -0.39 is 5.97 Å². The molecule has 1 N–H and O–H groups in total. The number of hydrogen-bond donors (Lipinski definition) is 1. The summed E-state index contributed by atoms with van der Waals surface area (Å²) in [5, 5.41) is 9.13. The zero-order valence-corrected chi connectivity index (χ0v) is 10.9. The van der Waals surface area contributed by atoms with Gasteiger partial charge in [0.25, 0.3) is 0 Å². The van der Waals surface area contributed by atoms with Gasteiger partial charge in [-0.05, 0) is 18.1 Å². The zero-order chi connectivity index (χ0) is 13.8. The lowest BCUT2D eigenvalue weighted by molar-refractivity contribution is 0.0696. The summed E-state index contributed by atoms with van der Waals surface area (Å²) in [6.07, 6.45) is 2.68. The molecule has 0 aliphatic carbocycles. The van der Waals surface area contributed by atoms with Gasteiger partial charge < -0.3 is 10.0 Å². The highest BCUT2D eigenvalue weighted by molar-refractivity contribution is 5.92. The molecule has 0 amide bonds. The summed E-state index contributed by atoms with van der Waals surface area (Å²) in [5.41, 5.74) is 2.42. The molecule has 0 atom stereocenters. The Balaban J connectivity index is 2.28. The van der Waals surface area contributed by atoms with Gasteiger partial charge in [0.05, 0.1) is 0 Å². The van der Waals surface area contributed by atoms with Crippen molar-refractivity contribution in [2.24, 2.45) is 0 Å². The van der Waals surface area contributed by atoms with Crippen molar-refractivity contribution < 1.29 is 9.90 Å². The van der Waals surface area contributed by atoms with Crippen molar-refractivity contribution in [2.45, 2.75) is 13.5 Å². The van der Waals surface area contributed by atoms with Gasteiger partial charge in [0.1, 0.15) is 17.7 Å². The molecule has 0 spiro atoms.